The van der Waals surface area contributed by atoms with Gasteiger partial charge in [-0.2, -0.15) is 0 Å². The fourth-order valence-corrected chi connectivity index (χ4v) is 3.75. The van der Waals surface area contributed by atoms with E-state index >= 15 is 0 Å². The molecule has 7 heteroatoms. The maximum absolute atomic E-state index is 6.10. The van der Waals surface area contributed by atoms with Gasteiger partial charge in [0, 0.05) is 67.4 Å². The Labute approximate surface area is 169 Å². The zero-order valence-electron chi connectivity index (χ0n) is 14.8. The Morgan fingerprint density at radius 1 is 1.11 bits per heavy atom. The zero-order chi connectivity index (χ0) is 18.6. The monoisotopic (exact) mass is 397 g/mol. The predicted octanol–water partition coefficient (Wildman–Crippen LogP) is 3.48. The minimum absolute atomic E-state index is 0.697. The third-order valence-electron chi connectivity index (χ3n) is 4.76. The highest BCUT2D eigenvalue weighted by molar-refractivity contribution is 7.80. The highest BCUT2D eigenvalue weighted by atomic mass is 35.5. The lowest BCUT2D eigenvalue weighted by molar-refractivity contribution is 0.380. The second-order valence-corrected chi connectivity index (χ2v) is 7.31. The number of fused-ring (bicyclic) bond motifs is 1. The van der Waals surface area contributed by atoms with E-state index in [0.29, 0.717) is 11.6 Å². The molecule has 0 unspecified atom stereocenters. The van der Waals surface area contributed by atoms with Crippen LogP contribution in [0.2, 0.25) is 5.02 Å². The third kappa shape index (κ3) is 4.12. The van der Waals surface area contributed by atoms with Crippen molar-refractivity contribution in [3.63, 3.8) is 0 Å². The number of anilines is 1. The SMILES string of the molecule is S=C(NCc1cccnc1)N1CCN(c2ccnc3cc(Cl)ccc23)CC1. The van der Waals surface area contributed by atoms with Crippen molar-refractivity contribution in [1.29, 1.82) is 0 Å². The molecule has 0 atom stereocenters. The van der Waals surface area contributed by atoms with E-state index < -0.39 is 0 Å². The molecule has 1 aromatic carbocycles. The Balaban J connectivity index is 1.38. The molecule has 1 fully saturated rings. The van der Waals surface area contributed by atoms with E-state index in [2.05, 4.69) is 31.2 Å². The van der Waals surface area contributed by atoms with Gasteiger partial charge in [0.25, 0.3) is 0 Å². The Morgan fingerprint density at radius 3 is 2.74 bits per heavy atom. The molecular formula is C20H20ClN5S. The van der Waals surface area contributed by atoms with Gasteiger partial charge in [-0.25, -0.2) is 0 Å². The standard InChI is InChI=1S/C20H20ClN5S/c21-16-3-4-17-18(12-16)23-7-5-19(17)25-8-10-26(11-9-25)20(27)24-14-15-2-1-6-22-13-15/h1-7,12-13H,8-11,14H2,(H,24,27). The number of pyridine rings is 2. The fraction of sp³-hybridized carbons (Fsp3) is 0.250. The first-order valence-electron chi connectivity index (χ1n) is 8.91. The van der Waals surface area contributed by atoms with Crippen molar-refractivity contribution in [2.75, 3.05) is 31.1 Å². The van der Waals surface area contributed by atoms with Crippen LogP contribution in [0.4, 0.5) is 5.69 Å². The van der Waals surface area contributed by atoms with Gasteiger partial charge in [0.2, 0.25) is 0 Å². The van der Waals surface area contributed by atoms with Crippen molar-refractivity contribution in [2.45, 2.75) is 6.54 Å². The van der Waals surface area contributed by atoms with Crippen LogP contribution >= 0.6 is 23.8 Å². The maximum Gasteiger partial charge on any atom is 0.169 e. The van der Waals surface area contributed by atoms with Crippen molar-refractivity contribution in [3.8, 4) is 0 Å². The number of hydrogen-bond donors (Lipinski definition) is 1. The summed E-state index contributed by atoms with van der Waals surface area (Å²) in [6.45, 7) is 4.29. The highest BCUT2D eigenvalue weighted by Gasteiger charge is 2.20. The first-order chi connectivity index (χ1) is 13.2. The lowest BCUT2D eigenvalue weighted by Gasteiger charge is -2.37. The van der Waals surface area contributed by atoms with E-state index in [4.69, 9.17) is 23.8 Å². The van der Waals surface area contributed by atoms with Gasteiger partial charge < -0.3 is 15.1 Å². The van der Waals surface area contributed by atoms with Gasteiger partial charge in [-0.05, 0) is 48.1 Å². The lowest BCUT2D eigenvalue weighted by Crippen LogP contribution is -2.51. The van der Waals surface area contributed by atoms with Gasteiger partial charge >= 0.3 is 0 Å². The predicted molar refractivity (Wildman–Crippen MR) is 114 cm³/mol. The van der Waals surface area contributed by atoms with Crippen LogP contribution in [0.5, 0.6) is 0 Å². The number of piperazine rings is 1. The molecule has 4 rings (SSSR count). The van der Waals surface area contributed by atoms with Crippen LogP contribution in [-0.4, -0.2) is 46.2 Å². The summed E-state index contributed by atoms with van der Waals surface area (Å²) in [6, 6.07) is 11.9. The molecule has 3 heterocycles. The number of benzene rings is 1. The summed E-state index contributed by atoms with van der Waals surface area (Å²) in [4.78, 5) is 13.2. The first-order valence-corrected chi connectivity index (χ1v) is 9.70. The van der Waals surface area contributed by atoms with Crippen molar-refractivity contribution in [1.82, 2.24) is 20.2 Å². The van der Waals surface area contributed by atoms with Crippen LogP contribution in [0.1, 0.15) is 5.56 Å². The Hall–Kier alpha value is -2.44. The number of rotatable bonds is 3. The van der Waals surface area contributed by atoms with Crippen LogP contribution in [0.25, 0.3) is 10.9 Å². The first kappa shape index (κ1) is 17.9. The van der Waals surface area contributed by atoms with E-state index in [0.717, 1.165) is 47.8 Å². The minimum Gasteiger partial charge on any atom is -0.367 e. The number of halogens is 1. The van der Waals surface area contributed by atoms with Crippen molar-refractivity contribution in [3.05, 3.63) is 65.6 Å². The quantitative estimate of drug-likeness (QED) is 0.682. The maximum atomic E-state index is 6.10. The molecule has 138 valence electrons. The van der Waals surface area contributed by atoms with Crippen molar-refractivity contribution in [2.24, 2.45) is 0 Å². The molecule has 0 amide bonds. The van der Waals surface area contributed by atoms with E-state index in [1.54, 1.807) is 6.20 Å². The van der Waals surface area contributed by atoms with Gasteiger partial charge in [-0.1, -0.05) is 17.7 Å². The fourth-order valence-electron chi connectivity index (χ4n) is 3.32. The van der Waals surface area contributed by atoms with Crippen LogP contribution < -0.4 is 10.2 Å². The second kappa shape index (κ2) is 8.06. The average molecular weight is 398 g/mol. The summed E-state index contributed by atoms with van der Waals surface area (Å²) < 4.78 is 0. The van der Waals surface area contributed by atoms with Gasteiger partial charge in [0.05, 0.1) is 5.52 Å². The van der Waals surface area contributed by atoms with E-state index in [1.165, 1.54) is 5.69 Å². The molecule has 27 heavy (non-hydrogen) atoms. The minimum atomic E-state index is 0.697. The van der Waals surface area contributed by atoms with Gasteiger partial charge in [-0.3, -0.25) is 9.97 Å². The Kier molecular flexibility index (Phi) is 5.36. The largest absolute Gasteiger partial charge is 0.367 e. The van der Waals surface area contributed by atoms with E-state index in [-0.39, 0.29) is 0 Å². The molecule has 2 aromatic heterocycles. The van der Waals surface area contributed by atoms with Gasteiger partial charge in [0.15, 0.2) is 5.11 Å². The van der Waals surface area contributed by atoms with E-state index in [1.807, 2.05) is 42.7 Å². The van der Waals surface area contributed by atoms with E-state index in [9.17, 15) is 0 Å². The molecule has 1 aliphatic rings. The van der Waals surface area contributed by atoms with Crippen LogP contribution in [0, 0.1) is 0 Å². The number of nitrogens with one attached hydrogen (secondary N) is 1. The van der Waals surface area contributed by atoms with Crippen LogP contribution in [-0.2, 0) is 6.54 Å². The summed E-state index contributed by atoms with van der Waals surface area (Å²) >= 11 is 11.7. The normalized spacial score (nSPS) is 14.4. The zero-order valence-corrected chi connectivity index (χ0v) is 16.4. The van der Waals surface area contributed by atoms with Gasteiger partial charge in [0.1, 0.15) is 0 Å². The molecule has 1 aliphatic heterocycles. The molecule has 5 nitrogen and oxygen atoms in total. The summed E-state index contributed by atoms with van der Waals surface area (Å²) in [5.74, 6) is 0. The molecule has 1 N–H and O–H groups in total. The highest BCUT2D eigenvalue weighted by Crippen LogP contribution is 2.28. The molecule has 0 saturated carbocycles. The number of aromatic nitrogens is 2. The lowest BCUT2D eigenvalue weighted by atomic mass is 10.1. The molecule has 0 bridgehead atoms. The van der Waals surface area contributed by atoms with Crippen molar-refractivity contribution < 1.29 is 0 Å². The number of thiocarbonyl (C=S) groups is 1. The molecule has 0 radical (unpaired) electrons. The smallest absolute Gasteiger partial charge is 0.169 e. The summed E-state index contributed by atoms with van der Waals surface area (Å²) in [5.41, 5.74) is 3.25. The third-order valence-corrected chi connectivity index (χ3v) is 5.39. The summed E-state index contributed by atoms with van der Waals surface area (Å²) in [7, 11) is 0. The van der Waals surface area contributed by atoms with Gasteiger partial charge in [-0.15, -0.1) is 0 Å². The molecule has 0 aliphatic carbocycles. The molecule has 0 spiro atoms. The molecular weight excluding hydrogens is 378 g/mol. The Morgan fingerprint density at radius 2 is 1.96 bits per heavy atom. The summed E-state index contributed by atoms with van der Waals surface area (Å²) in [5, 5.41) is 5.97. The molecule has 3 aromatic rings. The number of nitrogens with zero attached hydrogens (tertiary/aromatic N) is 4. The average Bonchev–Trinajstić information content (AvgIpc) is 2.72. The molecule has 1 saturated heterocycles. The summed E-state index contributed by atoms with van der Waals surface area (Å²) in [6.07, 6.45) is 5.48. The van der Waals surface area contributed by atoms with Crippen molar-refractivity contribution >= 4 is 45.5 Å². The Bertz CT molecular complexity index is 942. The van der Waals surface area contributed by atoms with Crippen LogP contribution in [0.3, 0.4) is 0 Å². The van der Waals surface area contributed by atoms with Crippen LogP contribution in [0.15, 0.2) is 55.0 Å². The number of hydrogen-bond acceptors (Lipinski definition) is 4. The second-order valence-electron chi connectivity index (χ2n) is 6.49. The topological polar surface area (TPSA) is 44.3 Å².